The Kier molecular flexibility index (Phi) is 6.12. The van der Waals surface area contributed by atoms with Crippen molar-refractivity contribution in [2.75, 3.05) is 5.32 Å². The monoisotopic (exact) mass is 425 g/mol. The number of nitrogens with one attached hydrogen (secondary N) is 1. The Morgan fingerprint density at radius 2 is 1.94 bits per heavy atom. The number of hydrogen-bond acceptors (Lipinski definition) is 5. The predicted molar refractivity (Wildman–Crippen MR) is 122 cm³/mol. The zero-order valence-electron chi connectivity index (χ0n) is 17.0. The fourth-order valence-electron chi connectivity index (χ4n) is 3.18. The molecule has 4 rings (SSSR count). The molecule has 0 fully saturated rings. The Labute approximate surface area is 184 Å². The molecule has 4 aromatic rings. The summed E-state index contributed by atoms with van der Waals surface area (Å²) in [6.07, 6.45) is 8.32. The second kappa shape index (κ2) is 9.48. The van der Waals surface area contributed by atoms with Crippen LogP contribution in [0.2, 0.25) is 0 Å². The summed E-state index contributed by atoms with van der Waals surface area (Å²) in [4.78, 5) is 27.0. The molecule has 0 aliphatic rings. The van der Waals surface area contributed by atoms with E-state index in [0.717, 1.165) is 16.7 Å². The molecule has 0 unspecified atom stereocenters. The van der Waals surface area contributed by atoms with Gasteiger partial charge in [-0.2, -0.15) is 5.10 Å². The number of anilines is 1. The molecule has 32 heavy (non-hydrogen) atoms. The van der Waals surface area contributed by atoms with Crippen LogP contribution in [0, 0.1) is 10.1 Å². The molecule has 0 radical (unpaired) electrons. The number of nitro benzene ring substituents is 1. The first kappa shape index (κ1) is 20.7. The molecule has 8 nitrogen and oxygen atoms in total. The highest BCUT2D eigenvalue weighted by atomic mass is 16.6. The molecule has 2 aromatic carbocycles. The van der Waals surface area contributed by atoms with Gasteiger partial charge in [0.2, 0.25) is 5.91 Å². The Morgan fingerprint density at radius 1 is 1.09 bits per heavy atom. The topological polar surface area (TPSA) is 103 Å². The van der Waals surface area contributed by atoms with E-state index >= 15 is 0 Å². The molecule has 1 amide bonds. The fourth-order valence-corrected chi connectivity index (χ4v) is 3.18. The number of pyridine rings is 1. The number of nitro groups is 1. The van der Waals surface area contributed by atoms with E-state index in [1.165, 1.54) is 24.3 Å². The van der Waals surface area contributed by atoms with Gasteiger partial charge in [-0.3, -0.25) is 24.6 Å². The Bertz CT molecular complexity index is 1270. The average molecular weight is 425 g/mol. The van der Waals surface area contributed by atoms with Gasteiger partial charge in [0.25, 0.3) is 5.69 Å². The van der Waals surface area contributed by atoms with Gasteiger partial charge >= 0.3 is 0 Å². The first-order valence-electron chi connectivity index (χ1n) is 9.84. The lowest BCUT2D eigenvalue weighted by Crippen LogP contribution is -2.07. The predicted octanol–water partition coefficient (Wildman–Crippen LogP) is 4.55. The molecule has 2 aromatic heterocycles. The molecule has 0 aliphatic heterocycles. The minimum Gasteiger partial charge on any atom is -0.322 e. The molecule has 8 heteroatoms. The smallest absolute Gasteiger partial charge is 0.271 e. The lowest BCUT2D eigenvalue weighted by Gasteiger charge is -2.01. The summed E-state index contributed by atoms with van der Waals surface area (Å²) >= 11 is 0. The Hall–Kier alpha value is -4.59. The van der Waals surface area contributed by atoms with E-state index in [4.69, 9.17) is 0 Å². The molecule has 0 spiro atoms. The van der Waals surface area contributed by atoms with Crippen LogP contribution in [-0.2, 0) is 11.3 Å². The van der Waals surface area contributed by atoms with Gasteiger partial charge in [0.05, 0.1) is 11.5 Å². The molecule has 0 saturated heterocycles. The van der Waals surface area contributed by atoms with Crippen LogP contribution in [0.1, 0.15) is 11.1 Å². The number of benzene rings is 2. The molecule has 158 valence electrons. The molecule has 0 bridgehead atoms. The number of hydrogen-bond donors (Lipinski definition) is 1. The maximum absolute atomic E-state index is 12.4. The van der Waals surface area contributed by atoms with Crippen LogP contribution in [0.5, 0.6) is 0 Å². The second-order valence-corrected chi connectivity index (χ2v) is 6.99. The standard InChI is InChI=1S/C24H19N5O3/c30-23(26-21-9-4-10-22(14-21)29(31)32)12-11-20-17-28(16-18-6-2-1-3-7-18)27-24(20)19-8-5-13-25-15-19/h1-15,17H,16H2,(H,26,30)/b12-11+. The van der Waals surface area contributed by atoms with E-state index in [0.29, 0.717) is 17.9 Å². The summed E-state index contributed by atoms with van der Waals surface area (Å²) in [5.41, 5.74) is 3.65. The first-order valence-corrected chi connectivity index (χ1v) is 9.84. The first-order chi connectivity index (χ1) is 15.6. The summed E-state index contributed by atoms with van der Waals surface area (Å²) in [5, 5.41) is 18.3. The third-order valence-electron chi connectivity index (χ3n) is 4.65. The van der Waals surface area contributed by atoms with Crippen molar-refractivity contribution in [3.05, 3.63) is 113 Å². The van der Waals surface area contributed by atoms with Gasteiger partial charge in [-0.05, 0) is 29.8 Å². The van der Waals surface area contributed by atoms with Gasteiger partial charge in [-0.25, -0.2) is 0 Å². The van der Waals surface area contributed by atoms with Crippen LogP contribution in [0.4, 0.5) is 11.4 Å². The van der Waals surface area contributed by atoms with E-state index < -0.39 is 10.8 Å². The van der Waals surface area contributed by atoms with Gasteiger partial charge in [0.1, 0.15) is 5.69 Å². The minimum absolute atomic E-state index is 0.0900. The summed E-state index contributed by atoms with van der Waals surface area (Å²) < 4.78 is 1.82. The van der Waals surface area contributed by atoms with Gasteiger partial charge in [-0.1, -0.05) is 36.4 Å². The number of rotatable bonds is 7. The average Bonchev–Trinajstić information content (AvgIpc) is 3.21. The third-order valence-corrected chi connectivity index (χ3v) is 4.65. The van der Waals surface area contributed by atoms with Crippen molar-refractivity contribution < 1.29 is 9.72 Å². The lowest BCUT2D eigenvalue weighted by molar-refractivity contribution is -0.384. The second-order valence-electron chi connectivity index (χ2n) is 6.99. The minimum atomic E-state index is -0.507. The van der Waals surface area contributed by atoms with Crippen molar-refractivity contribution in [1.29, 1.82) is 0 Å². The van der Waals surface area contributed by atoms with Crippen molar-refractivity contribution in [3.8, 4) is 11.3 Å². The zero-order chi connectivity index (χ0) is 22.3. The normalized spacial score (nSPS) is 10.9. The highest BCUT2D eigenvalue weighted by molar-refractivity contribution is 6.02. The van der Waals surface area contributed by atoms with E-state index in [2.05, 4.69) is 15.4 Å². The summed E-state index contributed by atoms with van der Waals surface area (Å²) in [6.45, 7) is 0.585. The molecule has 0 saturated carbocycles. The fraction of sp³-hybridized carbons (Fsp3) is 0.0417. The van der Waals surface area contributed by atoms with Crippen molar-refractivity contribution in [2.45, 2.75) is 6.54 Å². The summed E-state index contributed by atoms with van der Waals surface area (Å²) in [6, 6.07) is 19.5. The summed E-state index contributed by atoms with van der Waals surface area (Å²) in [7, 11) is 0. The van der Waals surface area contributed by atoms with Crippen LogP contribution in [0.3, 0.4) is 0 Å². The maximum Gasteiger partial charge on any atom is 0.271 e. The van der Waals surface area contributed by atoms with E-state index in [9.17, 15) is 14.9 Å². The van der Waals surface area contributed by atoms with Crippen molar-refractivity contribution >= 4 is 23.4 Å². The number of nitrogens with zero attached hydrogens (tertiary/aromatic N) is 4. The third kappa shape index (κ3) is 5.11. The molecule has 1 N–H and O–H groups in total. The van der Waals surface area contributed by atoms with Gasteiger partial charge in [0, 0.05) is 53.6 Å². The number of aromatic nitrogens is 3. The van der Waals surface area contributed by atoms with E-state index in [-0.39, 0.29) is 5.69 Å². The largest absolute Gasteiger partial charge is 0.322 e. The van der Waals surface area contributed by atoms with Crippen LogP contribution in [-0.4, -0.2) is 25.6 Å². The van der Waals surface area contributed by atoms with Gasteiger partial charge < -0.3 is 5.32 Å². The molecule has 0 aliphatic carbocycles. The number of carbonyl (C=O) groups excluding carboxylic acids is 1. The van der Waals surface area contributed by atoms with Crippen LogP contribution >= 0.6 is 0 Å². The number of carbonyl (C=O) groups is 1. The molecular weight excluding hydrogens is 406 g/mol. The number of non-ortho nitro benzene ring substituents is 1. The SMILES string of the molecule is O=C(/C=C/c1cn(Cc2ccccc2)nc1-c1cccnc1)Nc1cccc([N+](=O)[O-])c1. The van der Waals surface area contributed by atoms with Gasteiger partial charge in [0.15, 0.2) is 0 Å². The molecule has 2 heterocycles. The van der Waals surface area contributed by atoms with E-state index in [1.54, 1.807) is 24.5 Å². The lowest BCUT2D eigenvalue weighted by atomic mass is 10.1. The molecular formula is C24H19N5O3. The van der Waals surface area contributed by atoms with Crippen molar-refractivity contribution in [1.82, 2.24) is 14.8 Å². The van der Waals surface area contributed by atoms with Gasteiger partial charge in [-0.15, -0.1) is 0 Å². The van der Waals surface area contributed by atoms with Crippen molar-refractivity contribution in [3.63, 3.8) is 0 Å². The van der Waals surface area contributed by atoms with Crippen molar-refractivity contribution in [2.24, 2.45) is 0 Å². The van der Waals surface area contributed by atoms with Crippen LogP contribution in [0.25, 0.3) is 17.3 Å². The Morgan fingerprint density at radius 3 is 2.69 bits per heavy atom. The van der Waals surface area contributed by atoms with Crippen LogP contribution < -0.4 is 5.32 Å². The maximum atomic E-state index is 12.4. The zero-order valence-corrected chi connectivity index (χ0v) is 17.0. The number of amides is 1. The summed E-state index contributed by atoms with van der Waals surface area (Å²) in [5.74, 6) is -0.404. The highest BCUT2D eigenvalue weighted by Crippen LogP contribution is 2.23. The quantitative estimate of drug-likeness (QED) is 0.266. The van der Waals surface area contributed by atoms with E-state index in [1.807, 2.05) is 53.3 Å². The van der Waals surface area contributed by atoms with Crippen LogP contribution in [0.15, 0.2) is 91.4 Å². The molecule has 0 atom stereocenters. The Balaban J connectivity index is 1.57. The highest BCUT2D eigenvalue weighted by Gasteiger charge is 2.11.